The van der Waals surface area contributed by atoms with E-state index in [2.05, 4.69) is 45.4 Å². The molecule has 9 aromatic rings. The number of aromatic nitrogens is 14. The lowest BCUT2D eigenvalue weighted by Gasteiger charge is -2.32. The molecule has 0 spiro atoms. The number of carbonyl (C=O) groups excluding carboxylic acids is 3. The number of carboxylic acids is 2. The summed E-state index contributed by atoms with van der Waals surface area (Å²) in [5, 5.41) is 70.1. The molecular formula is C53H61BN14O12S2. The van der Waals surface area contributed by atoms with E-state index in [-0.39, 0.29) is 34.2 Å². The molecule has 82 heavy (non-hydrogen) atoms. The standard InChI is InChI=1S/C12H13N3O2.C11H17BN2O4.C11H11N3O2.C10H11N3O2S.C9H9N3O2S/c1-8-3-4-10(13-5-8)9-6-14-15(2)12(9)11(17)7-16;1-11(2)6-17-12(18-7-11)8-4-13-14(3)10(8)9(16)5-15;1-7-3-4-9(12-5-7)8-6-13-14(2)10(8)11(15)16;1-6-5-16-10(12-6)7-3-11-13(2)9(7)8(15)4-14;1-5-4-15-8(11-5)6-3-10-12(2)7(6)9(13)14/h3-6,16H,7H2,1-2H3;4,15H,5-7H2,1-3H3;3-6H,1-2H3,(H,15,16);3,5,14H,4H2,1-2H3;3-4H,1-2H3,(H,13,14). The Labute approximate surface area is 478 Å². The van der Waals surface area contributed by atoms with E-state index in [9.17, 15) is 24.0 Å². The molecule has 1 aliphatic rings. The van der Waals surface area contributed by atoms with Crippen molar-refractivity contribution in [3.8, 4) is 43.7 Å². The Balaban J connectivity index is 0.000000165. The van der Waals surface area contributed by atoms with Gasteiger partial charge in [0.25, 0.3) is 0 Å². The van der Waals surface area contributed by atoms with Crippen LogP contribution in [0.25, 0.3) is 43.7 Å². The average molecular weight is 1160 g/mol. The highest BCUT2D eigenvalue weighted by Crippen LogP contribution is 2.29. The first-order valence-corrected chi connectivity index (χ1v) is 26.6. The molecule has 0 unspecified atom stereocenters. The van der Waals surface area contributed by atoms with E-state index in [1.807, 2.05) is 70.5 Å². The lowest BCUT2D eigenvalue weighted by molar-refractivity contribution is 0.0342. The maximum atomic E-state index is 11.7. The van der Waals surface area contributed by atoms with Crippen molar-refractivity contribution in [1.29, 1.82) is 0 Å². The SMILES string of the molecule is Cc1ccc(-c2cnn(C)c2C(=O)CO)nc1.Cc1ccc(-c2cnn(C)c2C(=O)O)nc1.Cc1csc(-c2cnn(C)c2C(=O)CO)n1.Cc1csc(-c2cnn(C)c2C(=O)O)n1.Cn1ncc(B2OCC(C)(C)CO2)c1C(=O)CO. The maximum Gasteiger partial charge on any atom is 0.497 e. The van der Waals surface area contributed by atoms with Gasteiger partial charge in [-0.3, -0.25) is 47.8 Å². The molecule has 1 aliphatic heterocycles. The molecule has 430 valence electrons. The van der Waals surface area contributed by atoms with Crippen LogP contribution in [0, 0.1) is 33.1 Å². The van der Waals surface area contributed by atoms with Crippen LogP contribution < -0.4 is 5.46 Å². The van der Waals surface area contributed by atoms with Crippen molar-refractivity contribution < 1.29 is 58.8 Å². The molecule has 0 aromatic carbocycles. The number of carboxylic acid groups (broad SMARTS) is 2. The van der Waals surface area contributed by atoms with Gasteiger partial charge < -0.3 is 34.8 Å². The van der Waals surface area contributed by atoms with Gasteiger partial charge in [-0.25, -0.2) is 19.6 Å². The predicted molar refractivity (Wildman–Crippen MR) is 303 cm³/mol. The van der Waals surface area contributed by atoms with Gasteiger partial charge >= 0.3 is 19.1 Å². The van der Waals surface area contributed by atoms with E-state index in [0.29, 0.717) is 74.4 Å². The molecule has 29 heteroatoms. The van der Waals surface area contributed by atoms with Crippen molar-refractivity contribution in [3.63, 3.8) is 0 Å². The summed E-state index contributed by atoms with van der Waals surface area (Å²) in [6.07, 6.45) is 11.2. The maximum absolute atomic E-state index is 11.7. The highest BCUT2D eigenvalue weighted by Gasteiger charge is 2.37. The quantitative estimate of drug-likeness (QED) is 0.0789. The van der Waals surface area contributed by atoms with Crippen molar-refractivity contribution in [1.82, 2.24) is 68.8 Å². The summed E-state index contributed by atoms with van der Waals surface area (Å²) >= 11 is 2.88. The number of pyridine rings is 2. The lowest BCUT2D eigenvalue weighted by atomic mass is 9.75. The molecule has 10 heterocycles. The fourth-order valence-corrected chi connectivity index (χ4v) is 9.50. The Morgan fingerprint density at radius 3 is 1.23 bits per heavy atom. The zero-order valence-electron chi connectivity index (χ0n) is 46.8. The second kappa shape index (κ2) is 27.7. The van der Waals surface area contributed by atoms with E-state index in [1.165, 1.54) is 58.5 Å². The second-order valence-electron chi connectivity index (χ2n) is 19.2. The van der Waals surface area contributed by atoms with Crippen molar-refractivity contribution in [2.75, 3.05) is 33.0 Å². The number of aliphatic hydroxyl groups excluding tert-OH is 3. The van der Waals surface area contributed by atoms with Gasteiger partial charge in [0.15, 0.2) is 11.4 Å². The molecular weight excluding hydrogens is 1100 g/mol. The lowest BCUT2D eigenvalue weighted by Crippen LogP contribution is -2.48. The predicted octanol–water partition coefficient (Wildman–Crippen LogP) is 4.39. The van der Waals surface area contributed by atoms with Crippen LogP contribution in [0.2, 0.25) is 0 Å². The number of hydrogen-bond acceptors (Lipinski definition) is 21. The van der Waals surface area contributed by atoms with Crippen molar-refractivity contribution in [2.45, 2.75) is 41.5 Å². The zero-order valence-corrected chi connectivity index (χ0v) is 48.4. The van der Waals surface area contributed by atoms with E-state index < -0.39 is 38.9 Å². The summed E-state index contributed by atoms with van der Waals surface area (Å²) in [6.45, 7) is 11.2. The van der Waals surface area contributed by atoms with Gasteiger partial charge in [0.2, 0.25) is 17.3 Å². The minimum atomic E-state index is -1.00. The molecule has 0 radical (unpaired) electrons. The van der Waals surface area contributed by atoms with Crippen LogP contribution in [-0.2, 0) is 44.5 Å². The van der Waals surface area contributed by atoms with Gasteiger partial charge in [-0.2, -0.15) is 25.5 Å². The van der Waals surface area contributed by atoms with Crippen LogP contribution in [0.1, 0.15) is 88.8 Å². The van der Waals surface area contributed by atoms with E-state index >= 15 is 0 Å². The number of carbonyl (C=O) groups is 5. The number of rotatable bonds is 13. The number of aryl methyl sites for hydroxylation is 9. The fourth-order valence-electron chi connectivity index (χ4n) is 7.88. The van der Waals surface area contributed by atoms with Gasteiger partial charge in [0, 0.05) is 106 Å². The van der Waals surface area contributed by atoms with Crippen molar-refractivity contribution >= 4 is 64.5 Å². The number of hydrogen-bond donors (Lipinski definition) is 5. The molecule has 0 atom stereocenters. The number of Topliss-reactive ketones (excluding diaryl/α,β-unsaturated/α-hetero) is 3. The van der Waals surface area contributed by atoms with Crippen LogP contribution >= 0.6 is 22.7 Å². The number of ketones is 3. The van der Waals surface area contributed by atoms with E-state index in [0.717, 1.165) is 27.5 Å². The first-order valence-electron chi connectivity index (χ1n) is 24.8. The molecule has 26 nitrogen and oxygen atoms in total. The van der Waals surface area contributed by atoms with Crippen LogP contribution in [0.15, 0.2) is 78.4 Å². The third kappa shape index (κ3) is 15.2. The number of aliphatic hydroxyl groups is 3. The van der Waals surface area contributed by atoms with Gasteiger partial charge in [-0.05, 0) is 51.0 Å². The Kier molecular flexibility index (Phi) is 21.2. The Morgan fingerprint density at radius 2 is 0.854 bits per heavy atom. The highest BCUT2D eigenvalue weighted by molar-refractivity contribution is 7.13. The normalized spacial score (nSPS) is 12.4. The molecule has 10 rings (SSSR count). The number of aromatic carboxylic acids is 2. The number of nitrogens with zero attached hydrogens (tertiary/aromatic N) is 14. The minimum absolute atomic E-state index is 0.0279. The van der Waals surface area contributed by atoms with Gasteiger partial charge in [0.1, 0.15) is 46.9 Å². The Hall–Kier alpha value is -8.58. The van der Waals surface area contributed by atoms with Crippen molar-refractivity contribution in [2.24, 2.45) is 40.7 Å². The topological polar surface area (TPSA) is 346 Å². The summed E-state index contributed by atoms with van der Waals surface area (Å²) < 4.78 is 18.3. The zero-order chi connectivity index (χ0) is 60.2. The Morgan fingerprint density at radius 1 is 0.512 bits per heavy atom. The van der Waals surface area contributed by atoms with Crippen LogP contribution in [0.3, 0.4) is 0 Å². The summed E-state index contributed by atoms with van der Waals surface area (Å²) in [6, 6.07) is 7.43. The van der Waals surface area contributed by atoms with E-state index in [4.69, 9.17) is 34.8 Å². The summed E-state index contributed by atoms with van der Waals surface area (Å²) in [4.78, 5) is 73.9. The second-order valence-corrected chi connectivity index (χ2v) is 20.9. The largest absolute Gasteiger partial charge is 0.497 e. The summed E-state index contributed by atoms with van der Waals surface area (Å²) in [7, 11) is 7.61. The van der Waals surface area contributed by atoms with Gasteiger partial charge in [-0.15, -0.1) is 22.7 Å². The molecule has 0 bridgehead atoms. The molecule has 0 saturated carbocycles. The van der Waals surface area contributed by atoms with Crippen LogP contribution in [0.4, 0.5) is 0 Å². The molecule has 9 aromatic heterocycles. The van der Waals surface area contributed by atoms with Crippen LogP contribution in [-0.4, -0.2) is 164 Å². The number of thiazole rings is 2. The smallest absolute Gasteiger partial charge is 0.477 e. The van der Waals surface area contributed by atoms with Gasteiger partial charge in [-0.1, -0.05) is 26.0 Å². The molecule has 0 amide bonds. The summed E-state index contributed by atoms with van der Waals surface area (Å²) in [5.41, 5.74) is 9.59. The minimum Gasteiger partial charge on any atom is -0.477 e. The van der Waals surface area contributed by atoms with Crippen LogP contribution in [0.5, 0.6) is 0 Å². The Bertz CT molecular complexity index is 3680. The van der Waals surface area contributed by atoms with E-state index in [1.54, 1.807) is 72.3 Å². The highest BCUT2D eigenvalue weighted by atomic mass is 32.1. The molecule has 1 fully saturated rings. The fraction of sp³-hybridized carbons (Fsp3) is 0.321. The first kappa shape index (κ1) is 62.6. The monoisotopic (exact) mass is 1160 g/mol. The molecule has 5 N–H and O–H groups in total. The third-order valence-electron chi connectivity index (χ3n) is 11.9. The molecule has 1 saturated heterocycles. The average Bonchev–Trinajstić information content (AvgIpc) is 4.45. The van der Waals surface area contributed by atoms with Gasteiger partial charge in [0.05, 0.1) is 52.9 Å². The third-order valence-corrected chi connectivity index (χ3v) is 13.9. The van der Waals surface area contributed by atoms with Crippen molar-refractivity contribution in [3.05, 3.63) is 129 Å². The first-order chi connectivity index (χ1) is 38.9. The summed E-state index contributed by atoms with van der Waals surface area (Å²) in [5.74, 6) is -3.08. The molecule has 0 aliphatic carbocycles.